The number of aromatic nitrogens is 2. The quantitative estimate of drug-likeness (QED) is 0.326. The molecule has 0 aliphatic carbocycles. The number of hydrogen-bond acceptors (Lipinski definition) is 8. The fraction of sp³-hybridized carbons (Fsp3) is 0.200. The number of hydrogen-bond donors (Lipinski definition) is 2. The molecular weight excluding hydrogens is 527 g/mol. The molecular formula is C20H18F3N5O4S3. The molecule has 9 nitrogen and oxygen atoms in total. The Kier molecular flexibility index (Phi) is 8.15. The van der Waals surface area contributed by atoms with Gasteiger partial charge in [0, 0.05) is 25.3 Å². The van der Waals surface area contributed by atoms with Crippen molar-refractivity contribution >= 4 is 55.8 Å². The first-order chi connectivity index (χ1) is 16.4. The fourth-order valence-electron chi connectivity index (χ4n) is 2.57. The first-order valence-corrected chi connectivity index (χ1v) is 12.9. The molecule has 0 saturated carbocycles. The minimum atomic E-state index is -4.52. The Morgan fingerprint density at radius 1 is 1.06 bits per heavy atom. The Balaban J connectivity index is 1.54. The second-order valence-corrected chi connectivity index (χ2v) is 11.4. The minimum absolute atomic E-state index is 0.0139. The van der Waals surface area contributed by atoms with E-state index < -0.39 is 33.6 Å². The van der Waals surface area contributed by atoms with Crippen molar-refractivity contribution in [3.05, 3.63) is 59.7 Å². The molecule has 0 saturated heterocycles. The maximum Gasteiger partial charge on any atom is 0.416 e. The second kappa shape index (κ2) is 10.7. The average molecular weight is 546 g/mol. The van der Waals surface area contributed by atoms with Gasteiger partial charge in [-0.2, -0.15) is 13.2 Å². The maximum absolute atomic E-state index is 12.8. The lowest BCUT2D eigenvalue weighted by molar-refractivity contribution is -0.137. The summed E-state index contributed by atoms with van der Waals surface area (Å²) < 4.78 is 64.0. The third kappa shape index (κ3) is 7.00. The van der Waals surface area contributed by atoms with E-state index in [2.05, 4.69) is 20.8 Å². The average Bonchev–Trinajstić information content (AvgIpc) is 3.24. The van der Waals surface area contributed by atoms with E-state index in [1.807, 2.05) is 0 Å². The van der Waals surface area contributed by atoms with E-state index in [4.69, 9.17) is 0 Å². The molecule has 3 rings (SSSR count). The molecule has 0 bridgehead atoms. The van der Waals surface area contributed by atoms with E-state index in [0.29, 0.717) is 4.34 Å². The molecule has 0 fully saturated rings. The number of carbonyl (C=O) groups is 2. The van der Waals surface area contributed by atoms with E-state index in [9.17, 15) is 31.2 Å². The molecule has 0 aliphatic rings. The number of thioether (sulfide) groups is 1. The van der Waals surface area contributed by atoms with Crippen molar-refractivity contribution in [2.75, 3.05) is 30.5 Å². The highest BCUT2D eigenvalue weighted by Gasteiger charge is 2.30. The molecule has 0 aliphatic heterocycles. The summed E-state index contributed by atoms with van der Waals surface area (Å²) >= 11 is 2.00. The van der Waals surface area contributed by atoms with Crippen molar-refractivity contribution < 1.29 is 31.2 Å². The molecule has 3 aromatic rings. The van der Waals surface area contributed by atoms with Gasteiger partial charge in [0.2, 0.25) is 21.1 Å². The summed E-state index contributed by atoms with van der Waals surface area (Å²) in [5, 5.41) is 12.8. The molecule has 15 heteroatoms. The fourth-order valence-corrected chi connectivity index (χ4v) is 5.02. The maximum atomic E-state index is 12.8. The van der Waals surface area contributed by atoms with E-state index in [-0.39, 0.29) is 27.0 Å². The van der Waals surface area contributed by atoms with Crippen LogP contribution in [0.25, 0.3) is 0 Å². The molecule has 2 N–H and O–H groups in total. The van der Waals surface area contributed by atoms with Crippen LogP contribution in [0.2, 0.25) is 0 Å². The molecule has 0 spiro atoms. The van der Waals surface area contributed by atoms with Crippen LogP contribution in [0.3, 0.4) is 0 Å². The van der Waals surface area contributed by atoms with Crippen LogP contribution in [0.1, 0.15) is 15.9 Å². The predicted molar refractivity (Wildman–Crippen MR) is 126 cm³/mol. The molecule has 0 unspecified atom stereocenters. The van der Waals surface area contributed by atoms with Crippen molar-refractivity contribution in [1.82, 2.24) is 14.5 Å². The van der Waals surface area contributed by atoms with Crippen molar-refractivity contribution in [3.63, 3.8) is 0 Å². The number of nitrogens with one attached hydrogen (secondary N) is 2. The van der Waals surface area contributed by atoms with Gasteiger partial charge in [-0.15, -0.1) is 10.2 Å². The van der Waals surface area contributed by atoms with Crippen LogP contribution in [0.15, 0.2) is 57.8 Å². The summed E-state index contributed by atoms with van der Waals surface area (Å²) in [6.45, 7) is 0. The molecule has 1 heterocycles. The zero-order chi connectivity index (χ0) is 25.8. The SMILES string of the molecule is CN(C)S(=O)(=O)c1ccc(C(=O)Nc2nnc(SCC(=O)Nc3cccc(C(F)(F)F)c3)s2)cc1. The summed E-state index contributed by atoms with van der Waals surface area (Å²) in [6, 6.07) is 9.63. The lowest BCUT2D eigenvalue weighted by Gasteiger charge is -2.11. The van der Waals surface area contributed by atoms with Gasteiger partial charge in [-0.1, -0.05) is 29.2 Å². The summed E-state index contributed by atoms with van der Waals surface area (Å²) in [5.74, 6) is -1.21. The van der Waals surface area contributed by atoms with E-state index in [1.54, 1.807) is 0 Å². The molecule has 2 aromatic carbocycles. The largest absolute Gasteiger partial charge is 0.416 e. The molecule has 0 radical (unpaired) electrons. The number of rotatable bonds is 8. The number of halogens is 3. The zero-order valence-corrected chi connectivity index (χ0v) is 20.6. The van der Waals surface area contributed by atoms with Gasteiger partial charge in [0.15, 0.2) is 4.34 Å². The van der Waals surface area contributed by atoms with Crippen LogP contribution in [0.4, 0.5) is 24.0 Å². The zero-order valence-electron chi connectivity index (χ0n) is 18.2. The Hall–Kier alpha value is -3.01. The van der Waals surface area contributed by atoms with Crippen LogP contribution < -0.4 is 10.6 Å². The topological polar surface area (TPSA) is 121 Å². The second-order valence-electron chi connectivity index (χ2n) is 7.05. The number of alkyl halides is 3. The number of sulfonamides is 1. The number of amides is 2. The Morgan fingerprint density at radius 3 is 2.37 bits per heavy atom. The van der Waals surface area contributed by atoms with Crippen LogP contribution in [0, 0.1) is 0 Å². The Morgan fingerprint density at radius 2 is 1.74 bits per heavy atom. The highest BCUT2D eigenvalue weighted by molar-refractivity contribution is 8.01. The van der Waals surface area contributed by atoms with Gasteiger partial charge >= 0.3 is 6.18 Å². The molecule has 35 heavy (non-hydrogen) atoms. The molecule has 2 amide bonds. The smallest absolute Gasteiger partial charge is 0.325 e. The van der Waals surface area contributed by atoms with Crippen molar-refractivity contribution in [1.29, 1.82) is 0 Å². The van der Waals surface area contributed by atoms with E-state index >= 15 is 0 Å². The van der Waals surface area contributed by atoms with Gasteiger partial charge in [0.25, 0.3) is 5.91 Å². The monoisotopic (exact) mass is 545 g/mol. The number of carbonyl (C=O) groups excluding carboxylic acids is 2. The molecule has 186 valence electrons. The minimum Gasteiger partial charge on any atom is -0.325 e. The first kappa shape index (κ1) is 26.6. The van der Waals surface area contributed by atoms with Gasteiger partial charge in [-0.05, 0) is 42.5 Å². The Labute approximate surface area is 206 Å². The van der Waals surface area contributed by atoms with E-state index in [0.717, 1.165) is 39.5 Å². The summed E-state index contributed by atoms with van der Waals surface area (Å²) in [7, 11) is -0.824. The first-order valence-electron chi connectivity index (χ1n) is 9.63. The standard InChI is InChI=1S/C20H18F3N5O4S3/c1-28(2)35(31,32)15-8-6-12(7-9-15)17(30)25-18-26-27-19(34-18)33-11-16(29)24-14-5-3-4-13(10-14)20(21,22)23/h3-10H,11H2,1-2H3,(H,24,29)(H,25,26,30). The summed E-state index contributed by atoms with van der Waals surface area (Å²) in [6.07, 6.45) is -4.52. The van der Waals surface area contributed by atoms with Crippen LogP contribution in [0.5, 0.6) is 0 Å². The van der Waals surface area contributed by atoms with Crippen LogP contribution in [-0.2, 0) is 21.0 Å². The molecule has 1 aromatic heterocycles. The van der Waals surface area contributed by atoms with Gasteiger partial charge in [-0.25, -0.2) is 12.7 Å². The van der Waals surface area contributed by atoms with Crippen LogP contribution >= 0.6 is 23.1 Å². The van der Waals surface area contributed by atoms with Gasteiger partial charge in [0.1, 0.15) is 0 Å². The summed E-state index contributed by atoms with van der Waals surface area (Å²) in [5.41, 5.74) is -0.658. The highest BCUT2D eigenvalue weighted by Crippen LogP contribution is 2.31. The normalized spacial score (nSPS) is 11.9. The van der Waals surface area contributed by atoms with Gasteiger partial charge in [0.05, 0.1) is 16.2 Å². The molecule has 0 atom stereocenters. The third-order valence-electron chi connectivity index (χ3n) is 4.32. The predicted octanol–water partition coefficient (Wildman–Crippen LogP) is 3.79. The van der Waals surface area contributed by atoms with Gasteiger partial charge in [-0.3, -0.25) is 14.9 Å². The lowest BCUT2D eigenvalue weighted by atomic mass is 10.2. The highest BCUT2D eigenvalue weighted by atomic mass is 32.2. The number of benzene rings is 2. The lowest BCUT2D eigenvalue weighted by Crippen LogP contribution is -2.22. The number of nitrogens with zero attached hydrogens (tertiary/aromatic N) is 3. The third-order valence-corrected chi connectivity index (χ3v) is 8.12. The van der Waals surface area contributed by atoms with Crippen molar-refractivity contribution in [2.24, 2.45) is 0 Å². The summed E-state index contributed by atoms with van der Waals surface area (Å²) in [4.78, 5) is 24.5. The number of anilines is 2. The Bertz CT molecular complexity index is 1330. The van der Waals surface area contributed by atoms with Gasteiger partial charge < -0.3 is 5.32 Å². The van der Waals surface area contributed by atoms with Crippen molar-refractivity contribution in [3.8, 4) is 0 Å². The van der Waals surface area contributed by atoms with Crippen molar-refractivity contribution in [2.45, 2.75) is 15.4 Å². The van der Waals surface area contributed by atoms with E-state index in [1.165, 1.54) is 50.5 Å². The van der Waals surface area contributed by atoms with Crippen LogP contribution in [-0.4, -0.2) is 54.6 Å².